The van der Waals surface area contributed by atoms with Crippen molar-refractivity contribution in [1.82, 2.24) is 10.2 Å². The first-order valence-electron chi connectivity index (χ1n) is 10.6. The fraction of sp³-hybridized carbons (Fsp3) is 0.417. The summed E-state index contributed by atoms with van der Waals surface area (Å²) in [4.78, 5) is 26.1. The highest BCUT2D eigenvalue weighted by atomic mass is 16.6. The van der Waals surface area contributed by atoms with Gasteiger partial charge in [-0.25, -0.2) is 4.79 Å². The minimum Gasteiger partial charge on any atom is -0.448 e. The predicted octanol–water partition coefficient (Wildman–Crippen LogP) is 3.29. The molecule has 1 fully saturated rings. The summed E-state index contributed by atoms with van der Waals surface area (Å²) in [6.07, 6.45) is 2.16. The molecule has 0 heterocycles. The van der Waals surface area contributed by atoms with Crippen molar-refractivity contribution in [3.63, 3.8) is 0 Å². The van der Waals surface area contributed by atoms with Gasteiger partial charge in [0.25, 0.3) is 0 Å². The second-order valence-corrected chi connectivity index (χ2v) is 8.23. The van der Waals surface area contributed by atoms with Crippen molar-refractivity contribution in [3.8, 4) is 11.1 Å². The van der Waals surface area contributed by atoms with E-state index in [9.17, 15) is 14.7 Å². The summed E-state index contributed by atoms with van der Waals surface area (Å²) < 4.78 is 5.58. The van der Waals surface area contributed by atoms with Gasteiger partial charge in [-0.1, -0.05) is 48.5 Å². The van der Waals surface area contributed by atoms with Crippen molar-refractivity contribution in [2.75, 3.05) is 20.2 Å². The number of nitrogens with one attached hydrogen (secondary N) is 1. The Morgan fingerprint density at radius 3 is 2.17 bits per heavy atom. The number of hydrogen-bond acceptors (Lipinski definition) is 4. The largest absolute Gasteiger partial charge is 0.448 e. The number of aliphatic hydroxyl groups is 1. The predicted molar refractivity (Wildman–Crippen MR) is 114 cm³/mol. The fourth-order valence-corrected chi connectivity index (χ4v) is 4.48. The molecule has 2 N–H and O–H groups in total. The molecule has 30 heavy (non-hydrogen) atoms. The second kappa shape index (κ2) is 8.88. The minimum atomic E-state index is -0.508. The Balaban J connectivity index is 1.32. The van der Waals surface area contributed by atoms with Crippen LogP contribution in [-0.2, 0) is 9.53 Å². The van der Waals surface area contributed by atoms with Crippen molar-refractivity contribution >= 4 is 12.0 Å². The van der Waals surface area contributed by atoms with E-state index in [-0.39, 0.29) is 37.1 Å². The van der Waals surface area contributed by atoms with Gasteiger partial charge in [0.15, 0.2) is 0 Å². The minimum absolute atomic E-state index is 0.00255. The zero-order chi connectivity index (χ0) is 21.1. The van der Waals surface area contributed by atoms with Crippen LogP contribution in [0.4, 0.5) is 4.79 Å². The molecule has 1 saturated carbocycles. The average molecular weight is 408 g/mol. The van der Waals surface area contributed by atoms with Crippen LogP contribution in [0.1, 0.15) is 42.7 Å². The topological polar surface area (TPSA) is 78.9 Å². The zero-order valence-corrected chi connectivity index (χ0v) is 17.2. The highest BCUT2D eigenvalue weighted by Gasteiger charge is 2.29. The van der Waals surface area contributed by atoms with Crippen LogP contribution in [-0.4, -0.2) is 54.4 Å². The number of hydrogen-bond donors (Lipinski definition) is 2. The van der Waals surface area contributed by atoms with E-state index in [1.807, 2.05) is 24.3 Å². The smallest absolute Gasteiger partial charge is 0.409 e. The maximum atomic E-state index is 12.5. The summed E-state index contributed by atoms with van der Waals surface area (Å²) >= 11 is 0. The van der Waals surface area contributed by atoms with Crippen LogP contribution in [0.5, 0.6) is 0 Å². The van der Waals surface area contributed by atoms with Crippen LogP contribution in [0.3, 0.4) is 0 Å². The van der Waals surface area contributed by atoms with Gasteiger partial charge >= 0.3 is 6.09 Å². The molecule has 158 valence electrons. The molecule has 0 aliphatic heterocycles. The van der Waals surface area contributed by atoms with E-state index in [0.29, 0.717) is 12.8 Å². The first kappa shape index (κ1) is 20.4. The van der Waals surface area contributed by atoms with Crippen molar-refractivity contribution in [1.29, 1.82) is 0 Å². The third-order valence-corrected chi connectivity index (χ3v) is 6.09. The highest BCUT2D eigenvalue weighted by Crippen LogP contribution is 2.44. The number of benzene rings is 2. The molecule has 6 heteroatoms. The lowest BCUT2D eigenvalue weighted by Crippen LogP contribution is -2.44. The lowest BCUT2D eigenvalue weighted by molar-refractivity contribution is -0.122. The number of fused-ring (bicyclic) bond motifs is 3. The monoisotopic (exact) mass is 408 g/mol. The van der Waals surface area contributed by atoms with Gasteiger partial charge < -0.3 is 20.1 Å². The summed E-state index contributed by atoms with van der Waals surface area (Å²) in [5.41, 5.74) is 4.68. The molecule has 0 atom stereocenters. The normalized spacial score (nSPS) is 20.2. The van der Waals surface area contributed by atoms with Crippen molar-refractivity contribution < 1.29 is 19.4 Å². The second-order valence-electron chi connectivity index (χ2n) is 8.23. The van der Waals surface area contributed by atoms with E-state index in [1.54, 1.807) is 7.05 Å². The molecule has 0 saturated heterocycles. The van der Waals surface area contributed by atoms with E-state index >= 15 is 0 Å². The Hall–Kier alpha value is -2.86. The van der Waals surface area contributed by atoms with Gasteiger partial charge in [-0.3, -0.25) is 4.79 Å². The lowest BCUT2D eigenvalue weighted by atomic mass is 9.93. The van der Waals surface area contributed by atoms with Crippen molar-refractivity contribution in [2.24, 2.45) is 0 Å². The molecule has 0 radical (unpaired) electrons. The molecular formula is C24H28N2O4. The molecule has 0 aromatic heterocycles. The number of carbonyl (C=O) groups excluding carboxylic acids is 2. The van der Waals surface area contributed by atoms with E-state index in [2.05, 4.69) is 29.6 Å². The Morgan fingerprint density at radius 2 is 1.57 bits per heavy atom. The fourth-order valence-electron chi connectivity index (χ4n) is 4.48. The SMILES string of the molecule is CN(CC(=O)NC1CCC(O)CC1)C(=O)OCC1c2ccccc2-c2ccccc21. The van der Waals surface area contributed by atoms with Gasteiger partial charge in [-0.05, 0) is 47.9 Å². The molecule has 2 aromatic carbocycles. The molecule has 0 bridgehead atoms. The Kier molecular flexibility index (Phi) is 6.04. The van der Waals surface area contributed by atoms with Gasteiger partial charge in [0, 0.05) is 19.0 Å². The number of amides is 2. The van der Waals surface area contributed by atoms with Crippen LogP contribution in [0.2, 0.25) is 0 Å². The van der Waals surface area contributed by atoms with Gasteiger partial charge in [-0.2, -0.15) is 0 Å². The maximum absolute atomic E-state index is 12.5. The molecule has 0 spiro atoms. The van der Waals surface area contributed by atoms with Gasteiger partial charge in [0.05, 0.1) is 6.10 Å². The standard InChI is InChI=1S/C24H28N2O4/c1-26(14-23(28)25-16-10-12-17(27)13-11-16)24(29)30-15-22-20-8-4-2-6-18(20)19-7-3-5-9-21(19)22/h2-9,16-17,22,27H,10-15H2,1H3,(H,25,28). The van der Waals surface area contributed by atoms with E-state index in [0.717, 1.165) is 24.0 Å². The molecule has 2 aliphatic carbocycles. The third-order valence-electron chi connectivity index (χ3n) is 6.09. The average Bonchev–Trinajstić information content (AvgIpc) is 3.07. The summed E-state index contributed by atoms with van der Waals surface area (Å²) in [6, 6.07) is 16.4. The van der Waals surface area contributed by atoms with Gasteiger partial charge in [-0.15, -0.1) is 0 Å². The highest BCUT2D eigenvalue weighted by molar-refractivity contribution is 5.82. The summed E-state index contributed by atoms with van der Waals surface area (Å²) in [5, 5.41) is 12.5. The van der Waals surface area contributed by atoms with Crippen LogP contribution in [0.15, 0.2) is 48.5 Å². The van der Waals surface area contributed by atoms with E-state index in [4.69, 9.17) is 4.74 Å². The third kappa shape index (κ3) is 4.33. The molecule has 2 amide bonds. The van der Waals surface area contributed by atoms with Gasteiger partial charge in [0.1, 0.15) is 13.2 Å². The van der Waals surface area contributed by atoms with E-state index < -0.39 is 6.09 Å². The summed E-state index contributed by atoms with van der Waals surface area (Å²) in [6.45, 7) is 0.190. The Labute approximate surface area is 176 Å². The molecule has 0 unspecified atom stereocenters. The number of aliphatic hydroxyl groups excluding tert-OH is 1. The van der Waals surface area contributed by atoms with Crippen LogP contribution in [0, 0.1) is 0 Å². The first-order valence-corrected chi connectivity index (χ1v) is 10.6. The summed E-state index contributed by atoms with van der Waals surface area (Å²) in [7, 11) is 1.57. The lowest BCUT2D eigenvalue weighted by Gasteiger charge is -2.27. The Bertz CT molecular complexity index is 875. The quantitative estimate of drug-likeness (QED) is 0.796. The number of nitrogens with zero attached hydrogens (tertiary/aromatic N) is 1. The number of carbonyl (C=O) groups is 2. The van der Waals surface area contributed by atoms with Crippen molar-refractivity contribution in [2.45, 2.75) is 43.7 Å². The van der Waals surface area contributed by atoms with Crippen LogP contribution < -0.4 is 5.32 Å². The first-order chi connectivity index (χ1) is 14.5. The maximum Gasteiger partial charge on any atom is 0.409 e. The number of ether oxygens (including phenoxy) is 1. The van der Waals surface area contributed by atoms with Crippen molar-refractivity contribution in [3.05, 3.63) is 59.7 Å². The van der Waals surface area contributed by atoms with E-state index in [1.165, 1.54) is 16.0 Å². The molecule has 4 rings (SSSR count). The zero-order valence-electron chi connectivity index (χ0n) is 17.2. The van der Waals surface area contributed by atoms with Gasteiger partial charge in [0.2, 0.25) is 5.91 Å². The Morgan fingerprint density at radius 1 is 1.00 bits per heavy atom. The molecule has 6 nitrogen and oxygen atoms in total. The molecule has 2 aliphatic rings. The number of rotatable bonds is 5. The summed E-state index contributed by atoms with van der Waals surface area (Å²) in [5.74, 6) is -0.204. The number of likely N-dealkylation sites (N-methyl/N-ethyl adjacent to an activating group) is 1. The van der Waals surface area contributed by atoms with Crippen LogP contribution >= 0.6 is 0 Å². The van der Waals surface area contributed by atoms with Crippen LogP contribution in [0.25, 0.3) is 11.1 Å². The molecule has 2 aromatic rings. The molecular weight excluding hydrogens is 380 g/mol.